The zero-order valence-corrected chi connectivity index (χ0v) is 13.6. The Labute approximate surface area is 130 Å². The highest BCUT2D eigenvalue weighted by molar-refractivity contribution is 6.30. The summed E-state index contributed by atoms with van der Waals surface area (Å²) in [5, 5.41) is 6.73. The standard InChI is InChI=1S/C15H23ClN4O/c1-9(2)14-19-13(16)10(3)15(20-14)17-8-4-5-12(21)18-11-6-7-11/h9,11H,4-8H2,1-3H3,(H,18,21)(H,17,19,20). The number of nitrogens with one attached hydrogen (secondary N) is 2. The summed E-state index contributed by atoms with van der Waals surface area (Å²) in [6.07, 6.45) is 3.57. The summed E-state index contributed by atoms with van der Waals surface area (Å²) in [4.78, 5) is 20.4. The average molecular weight is 311 g/mol. The lowest BCUT2D eigenvalue weighted by atomic mass is 10.2. The highest BCUT2D eigenvalue weighted by atomic mass is 35.5. The first-order valence-corrected chi connectivity index (χ1v) is 7.92. The predicted molar refractivity (Wildman–Crippen MR) is 84.8 cm³/mol. The van der Waals surface area contributed by atoms with Gasteiger partial charge in [-0.3, -0.25) is 4.79 Å². The number of anilines is 1. The average Bonchev–Trinajstić information content (AvgIpc) is 3.22. The highest BCUT2D eigenvalue weighted by Crippen LogP contribution is 2.23. The molecule has 1 heterocycles. The van der Waals surface area contributed by atoms with Gasteiger partial charge in [0.05, 0.1) is 0 Å². The Bertz CT molecular complexity index is 515. The molecule has 1 aromatic rings. The molecule has 1 aliphatic rings. The third-order valence-electron chi connectivity index (χ3n) is 3.44. The van der Waals surface area contributed by atoms with E-state index in [1.165, 1.54) is 0 Å². The van der Waals surface area contributed by atoms with Gasteiger partial charge in [-0.25, -0.2) is 9.97 Å². The summed E-state index contributed by atoms with van der Waals surface area (Å²) in [6, 6.07) is 0.432. The lowest BCUT2D eigenvalue weighted by Crippen LogP contribution is -2.25. The van der Waals surface area contributed by atoms with Crippen molar-refractivity contribution in [2.75, 3.05) is 11.9 Å². The van der Waals surface area contributed by atoms with Crippen molar-refractivity contribution >= 4 is 23.3 Å². The number of hydrogen-bond acceptors (Lipinski definition) is 4. The van der Waals surface area contributed by atoms with Crippen molar-refractivity contribution in [1.82, 2.24) is 15.3 Å². The first kappa shape index (κ1) is 16.0. The summed E-state index contributed by atoms with van der Waals surface area (Å²) >= 11 is 6.14. The van der Waals surface area contributed by atoms with Crippen molar-refractivity contribution in [3.05, 3.63) is 16.5 Å². The van der Waals surface area contributed by atoms with Crippen molar-refractivity contribution in [3.8, 4) is 0 Å². The number of aromatic nitrogens is 2. The van der Waals surface area contributed by atoms with Crippen molar-refractivity contribution in [2.45, 2.75) is 58.4 Å². The number of hydrogen-bond donors (Lipinski definition) is 2. The van der Waals surface area contributed by atoms with Crippen LogP contribution in [0.1, 0.15) is 56.8 Å². The third-order valence-corrected chi connectivity index (χ3v) is 3.80. The molecule has 2 N–H and O–H groups in total. The van der Waals surface area contributed by atoms with E-state index in [0.717, 1.165) is 36.5 Å². The second kappa shape index (κ2) is 7.07. The van der Waals surface area contributed by atoms with Gasteiger partial charge in [0, 0.05) is 30.5 Å². The molecule has 6 heteroatoms. The molecule has 0 spiro atoms. The molecule has 1 saturated carbocycles. The van der Waals surface area contributed by atoms with E-state index in [-0.39, 0.29) is 11.8 Å². The Morgan fingerprint density at radius 3 is 2.71 bits per heavy atom. The molecule has 1 aliphatic carbocycles. The molecule has 1 fully saturated rings. The summed E-state index contributed by atoms with van der Waals surface area (Å²) < 4.78 is 0. The molecule has 21 heavy (non-hydrogen) atoms. The normalized spacial score (nSPS) is 14.3. The smallest absolute Gasteiger partial charge is 0.220 e. The SMILES string of the molecule is Cc1c(Cl)nc(C(C)C)nc1NCCCC(=O)NC1CC1. The number of halogens is 1. The summed E-state index contributed by atoms with van der Waals surface area (Å²) in [5.41, 5.74) is 0.850. The second-order valence-electron chi connectivity index (χ2n) is 5.87. The first-order chi connectivity index (χ1) is 9.97. The quantitative estimate of drug-likeness (QED) is 0.600. The van der Waals surface area contributed by atoms with Crippen LogP contribution in [0.25, 0.3) is 0 Å². The van der Waals surface area contributed by atoms with Gasteiger partial charge in [-0.2, -0.15) is 0 Å². The largest absolute Gasteiger partial charge is 0.370 e. The second-order valence-corrected chi connectivity index (χ2v) is 6.23. The minimum Gasteiger partial charge on any atom is -0.370 e. The summed E-state index contributed by atoms with van der Waals surface area (Å²) in [7, 11) is 0. The molecule has 0 unspecified atom stereocenters. The Morgan fingerprint density at radius 2 is 2.10 bits per heavy atom. The molecule has 0 radical (unpaired) electrons. The molecule has 0 aromatic carbocycles. The number of carbonyl (C=O) groups excluding carboxylic acids is 1. The molecule has 0 aliphatic heterocycles. The van der Waals surface area contributed by atoms with Gasteiger partial charge in [-0.1, -0.05) is 25.4 Å². The van der Waals surface area contributed by atoms with Crippen LogP contribution in [-0.2, 0) is 4.79 Å². The van der Waals surface area contributed by atoms with Crippen LogP contribution in [0.15, 0.2) is 0 Å². The van der Waals surface area contributed by atoms with E-state index in [2.05, 4.69) is 20.6 Å². The Morgan fingerprint density at radius 1 is 1.38 bits per heavy atom. The van der Waals surface area contributed by atoms with Gasteiger partial charge < -0.3 is 10.6 Å². The van der Waals surface area contributed by atoms with Crippen LogP contribution in [-0.4, -0.2) is 28.5 Å². The van der Waals surface area contributed by atoms with Crippen LogP contribution in [0.3, 0.4) is 0 Å². The fourth-order valence-corrected chi connectivity index (χ4v) is 2.10. The fourth-order valence-electron chi connectivity index (χ4n) is 1.92. The number of amides is 1. The van der Waals surface area contributed by atoms with Gasteiger partial charge in [0.1, 0.15) is 16.8 Å². The minimum absolute atomic E-state index is 0.139. The Hall–Kier alpha value is -1.36. The maximum absolute atomic E-state index is 11.6. The molecule has 0 bridgehead atoms. The predicted octanol–water partition coefficient (Wildman–Crippen LogP) is 3.03. The summed E-state index contributed by atoms with van der Waals surface area (Å²) in [6.45, 7) is 6.67. The van der Waals surface area contributed by atoms with E-state index in [0.29, 0.717) is 24.2 Å². The van der Waals surface area contributed by atoms with Crippen LogP contribution in [0.2, 0.25) is 5.15 Å². The molecule has 1 amide bonds. The van der Waals surface area contributed by atoms with Crippen molar-refractivity contribution in [3.63, 3.8) is 0 Å². The van der Waals surface area contributed by atoms with E-state index in [1.807, 2.05) is 20.8 Å². The van der Waals surface area contributed by atoms with Crippen LogP contribution in [0, 0.1) is 6.92 Å². The lowest BCUT2D eigenvalue weighted by Gasteiger charge is -2.12. The zero-order valence-electron chi connectivity index (χ0n) is 12.9. The van der Waals surface area contributed by atoms with Crippen LogP contribution < -0.4 is 10.6 Å². The fraction of sp³-hybridized carbons (Fsp3) is 0.667. The van der Waals surface area contributed by atoms with Crippen LogP contribution in [0.5, 0.6) is 0 Å². The molecular weight excluding hydrogens is 288 g/mol. The van der Waals surface area contributed by atoms with E-state index in [9.17, 15) is 4.79 Å². The Kier molecular flexibility index (Phi) is 5.39. The van der Waals surface area contributed by atoms with Crippen LogP contribution >= 0.6 is 11.6 Å². The van der Waals surface area contributed by atoms with Crippen molar-refractivity contribution < 1.29 is 4.79 Å². The highest BCUT2D eigenvalue weighted by Gasteiger charge is 2.22. The van der Waals surface area contributed by atoms with Gasteiger partial charge in [0.2, 0.25) is 5.91 Å². The Balaban J connectivity index is 1.82. The van der Waals surface area contributed by atoms with E-state index >= 15 is 0 Å². The third kappa shape index (κ3) is 4.84. The molecule has 1 aromatic heterocycles. The number of rotatable bonds is 7. The molecule has 0 atom stereocenters. The lowest BCUT2D eigenvalue weighted by molar-refractivity contribution is -0.121. The maximum Gasteiger partial charge on any atom is 0.220 e. The number of nitrogens with zero attached hydrogens (tertiary/aromatic N) is 2. The van der Waals surface area contributed by atoms with E-state index < -0.39 is 0 Å². The van der Waals surface area contributed by atoms with Gasteiger partial charge in [0.15, 0.2) is 0 Å². The van der Waals surface area contributed by atoms with Gasteiger partial charge >= 0.3 is 0 Å². The van der Waals surface area contributed by atoms with E-state index in [4.69, 9.17) is 11.6 Å². The molecule has 5 nitrogen and oxygen atoms in total. The summed E-state index contributed by atoms with van der Waals surface area (Å²) in [5.74, 6) is 1.87. The molecule has 0 saturated heterocycles. The number of carbonyl (C=O) groups is 1. The molecular formula is C15H23ClN4O. The van der Waals surface area contributed by atoms with Crippen LogP contribution in [0.4, 0.5) is 5.82 Å². The first-order valence-electron chi connectivity index (χ1n) is 7.54. The van der Waals surface area contributed by atoms with Gasteiger partial charge in [-0.15, -0.1) is 0 Å². The van der Waals surface area contributed by atoms with Crippen molar-refractivity contribution in [2.24, 2.45) is 0 Å². The molecule has 2 rings (SSSR count). The van der Waals surface area contributed by atoms with Crippen molar-refractivity contribution in [1.29, 1.82) is 0 Å². The molecule has 116 valence electrons. The minimum atomic E-state index is 0.139. The monoisotopic (exact) mass is 310 g/mol. The zero-order chi connectivity index (χ0) is 15.4. The van der Waals surface area contributed by atoms with Gasteiger partial charge in [0.25, 0.3) is 0 Å². The maximum atomic E-state index is 11.6. The van der Waals surface area contributed by atoms with Gasteiger partial charge in [-0.05, 0) is 26.2 Å². The van der Waals surface area contributed by atoms with E-state index in [1.54, 1.807) is 0 Å². The topological polar surface area (TPSA) is 66.9 Å².